The molecule has 46 heavy (non-hydrogen) atoms. The molecule has 0 radical (unpaired) electrons. The first-order valence-electron chi connectivity index (χ1n) is 14.9. The fourth-order valence-electron chi connectivity index (χ4n) is 5.76. The second-order valence-electron chi connectivity index (χ2n) is 11.2. The van der Waals surface area contributed by atoms with E-state index in [-0.39, 0.29) is 24.8 Å². The van der Waals surface area contributed by atoms with Crippen LogP contribution in [0.5, 0.6) is 5.75 Å². The minimum atomic E-state index is -1.46. The number of hydrogen-bond donors (Lipinski definition) is 4. The largest absolute Gasteiger partial charge is 0.497 e. The number of carbonyl (C=O) groups is 2. The highest BCUT2D eigenvalue weighted by atomic mass is 35.5. The average molecular weight is 639 g/mol. The molecule has 4 N–H and O–H groups in total. The van der Waals surface area contributed by atoms with Gasteiger partial charge in [-0.15, -0.1) is 10.2 Å². The van der Waals surface area contributed by atoms with Crippen molar-refractivity contribution in [3.8, 4) is 11.4 Å². The van der Waals surface area contributed by atoms with Gasteiger partial charge in [-0.3, -0.25) is 19.1 Å². The minimum absolute atomic E-state index is 0.0543. The number of allylic oxidation sites excluding steroid dienone is 1. The van der Waals surface area contributed by atoms with Crippen molar-refractivity contribution < 1.29 is 24.4 Å². The highest BCUT2D eigenvalue weighted by molar-refractivity contribution is 6.52. The normalized spacial score (nSPS) is 14.7. The Morgan fingerprint density at radius 2 is 1.85 bits per heavy atom. The molecule has 2 heterocycles. The number of benzene rings is 3. The van der Waals surface area contributed by atoms with Crippen LogP contribution < -0.4 is 15.4 Å². The van der Waals surface area contributed by atoms with Gasteiger partial charge in [0.15, 0.2) is 5.82 Å². The first-order chi connectivity index (χ1) is 22.2. The molecule has 0 spiro atoms. The van der Waals surface area contributed by atoms with Gasteiger partial charge in [-0.1, -0.05) is 48.0 Å². The van der Waals surface area contributed by atoms with E-state index in [1.165, 1.54) is 0 Å². The molecule has 2 aliphatic rings. The van der Waals surface area contributed by atoms with Crippen molar-refractivity contribution in [2.24, 2.45) is 4.99 Å². The molecule has 2 amide bonds. The molecule has 0 saturated heterocycles. The maximum Gasteiger partial charge on any atom is 0.484 e. The van der Waals surface area contributed by atoms with Crippen LogP contribution in [0.25, 0.3) is 11.8 Å². The van der Waals surface area contributed by atoms with Crippen LogP contribution in [-0.2, 0) is 22.4 Å². The number of nitrogens with one attached hydrogen (secondary N) is 2. The van der Waals surface area contributed by atoms with Crippen LogP contribution >= 0.6 is 11.6 Å². The third-order valence-corrected chi connectivity index (χ3v) is 8.34. The zero-order chi connectivity index (χ0) is 32.4. The first kappa shape index (κ1) is 31.2. The zero-order valence-corrected chi connectivity index (χ0v) is 26.1. The quantitative estimate of drug-likeness (QED) is 0.195. The Labute approximate surface area is 271 Å². The van der Waals surface area contributed by atoms with E-state index in [0.717, 1.165) is 33.5 Å². The highest BCUT2D eigenvalue weighted by Gasteiger charge is 2.30. The molecule has 6 rings (SSSR count). The van der Waals surface area contributed by atoms with Crippen LogP contribution in [0, 0.1) is 6.92 Å². The SMILES string of the molecule is COc1ccc2c(c1)C(c1ccc(Cl)cc1)=N[C@@H](CC(=O)NCC(=O)NCCc1ccc3c(c1)CC(B(O)O)=C3)c1nnc(C)n1-2. The lowest BCUT2D eigenvalue weighted by atomic mass is 9.78. The van der Waals surface area contributed by atoms with Gasteiger partial charge >= 0.3 is 7.12 Å². The number of halogens is 1. The van der Waals surface area contributed by atoms with Gasteiger partial charge in [0.1, 0.15) is 17.6 Å². The Hall–Kier alpha value is -4.78. The lowest BCUT2D eigenvalue weighted by Crippen LogP contribution is -2.38. The van der Waals surface area contributed by atoms with E-state index in [4.69, 9.17) is 21.3 Å². The Morgan fingerprint density at radius 1 is 1.04 bits per heavy atom. The minimum Gasteiger partial charge on any atom is -0.497 e. The van der Waals surface area contributed by atoms with Gasteiger partial charge in [0.25, 0.3) is 0 Å². The number of aliphatic imine (C=N–C) groups is 1. The topological polar surface area (TPSA) is 151 Å². The molecule has 0 fully saturated rings. The van der Waals surface area contributed by atoms with E-state index in [1.807, 2.05) is 60.0 Å². The Kier molecular flexibility index (Phi) is 9.02. The molecule has 1 aliphatic heterocycles. The second-order valence-corrected chi connectivity index (χ2v) is 11.6. The van der Waals surface area contributed by atoms with E-state index < -0.39 is 13.2 Å². The summed E-state index contributed by atoms with van der Waals surface area (Å²) < 4.78 is 7.41. The first-order valence-corrected chi connectivity index (χ1v) is 15.2. The van der Waals surface area contributed by atoms with Gasteiger partial charge in [-0.05, 0) is 72.3 Å². The smallest absolute Gasteiger partial charge is 0.484 e. The number of fused-ring (bicyclic) bond motifs is 4. The van der Waals surface area contributed by atoms with Crippen molar-refractivity contribution in [3.05, 3.63) is 111 Å². The number of aryl methyl sites for hydroxylation is 1. The average Bonchev–Trinajstić information content (AvgIpc) is 3.62. The molecule has 4 aromatic rings. The number of nitrogens with zero attached hydrogens (tertiary/aromatic N) is 4. The van der Waals surface area contributed by atoms with Crippen LogP contribution in [0.2, 0.25) is 5.02 Å². The summed E-state index contributed by atoms with van der Waals surface area (Å²) >= 11 is 6.18. The predicted octanol–water partition coefficient (Wildman–Crippen LogP) is 2.95. The highest BCUT2D eigenvalue weighted by Crippen LogP contribution is 2.34. The number of ether oxygens (including phenoxy) is 1. The molecule has 0 unspecified atom stereocenters. The molecule has 1 aromatic heterocycles. The lowest BCUT2D eigenvalue weighted by Gasteiger charge is -2.14. The van der Waals surface area contributed by atoms with Crippen molar-refractivity contribution in [1.82, 2.24) is 25.4 Å². The number of methoxy groups -OCH3 is 1. The third kappa shape index (κ3) is 6.59. The Morgan fingerprint density at radius 3 is 2.61 bits per heavy atom. The molecular formula is C33H32BClN6O5. The number of amides is 2. The van der Waals surface area contributed by atoms with Crippen LogP contribution in [0.3, 0.4) is 0 Å². The molecule has 11 nitrogen and oxygen atoms in total. The van der Waals surface area contributed by atoms with E-state index in [1.54, 1.807) is 25.3 Å². The summed E-state index contributed by atoms with van der Waals surface area (Å²) in [5, 5.41) is 33.7. The summed E-state index contributed by atoms with van der Waals surface area (Å²) in [5.41, 5.74) is 6.63. The zero-order valence-electron chi connectivity index (χ0n) is 25.3. The maximum absolute atomic E-state index is 13.2. The molecular weight excluding hydrogens is 607 g/mol. The van der Waals surface area contributed by atoms with Gasteiger partial charge < -0.3 is 25.4 Å². The standard InChI is InChI=1S/C33H32BClN6O5/c1-19-39-40-33-28(38-32(21-5-7-25(35)8-6-21)27-16-26(46-2)9-10-29(27)41(19)33)17-30(42)37-18-31(43)36-12-11-20-3-4-22-14-24(34(44)45)15-23(22)13-20/h3-10,13-14,16,28,44-45H,11-12,15,17-18H2,1-2H3,(H,36,43)(H,37,42)/t28-/m0/s1. The van der Waals surface area contributed by atoms with E-state index >= 15 is 0 Å². The number of aromatic nitrogens is 3. The fraction of sp³-hybridized carbons (Fsp3) is 0.242. The predicted molar refractivity (Wildman–Crippen MR) is 175 cm³/mol. The Balaban J connectivity index is 1.12. The molecule has 3 aromatic carbocycles. The lowest BCUT2D eigenvalue weighted by molar-refractivity contribution is -0.126. The van der Waals surface area contributed by atoms with Gasteiger partial charge in [0.05, 0.1) is 31.5 Å². The van der Waals surface area contributed by atoms with E-state index in [2.05, 4.69) is 20.8 Å². The van der Waals surface area contributed by atoms with Gasteiger partial charge in [-0.25, -0.2) is 0 Å². The summed E-state index contributed by atoms with van der Waals surface area (Å²) in [6, 6.07) is 18.2. The molecule has 13 heteroatoms. The van der Waals surface area contributed by atoms with Crippen LogP contribution in [0.1, 0.15) is 51.9 Å². The van der Waals surface area contributed by atoms with Crippen LogP contribution in [0.15, 0.2) is 71.1 Å². The maximum atomic E-state index is 13.2. The summed E-state index contributed by atoms with van der Waals surface area (Å²) in [4.78, 5) is 30.8. The van der Waals surface area contributed by atoms with Crippen LogP contribution in [0.4, 0.5) is 0 Å². The molecule has 0 saturated carbocycles. The van der Waals surface area contributed by atoms with E-state index in [9.17, 15) is 19.6 Å². The molecule has 234 valence electrons. The van der Waals surface area contributed by atoms with Crippen molar-refractivity contribution in [3.63, 3.8) is 0 Å². The van der Waals surface area contributed by atoms with Crippen LogP contribution in [-0.4, -0.2) is 69.7 Å². The van der Waals surface area contributed by atoms with Gasteiger partial charge in [0, 0.05) is 22.7 Å². The number of rotatable bonds is 10. The molecule has 1 atom stereocenters. The number of carbonyl (C=O) groups excluding carboxylic acids is 2. The molecule has 0 bridgehead atoms. The van der Waals surface area contributed by atoms with Crippen molar-refractivity contribution in [1.29, 1.82) is 0 Å². The molecule has 1 aliphatic carbocycles. The fourth-order valence-corrected chi connectivity index (χ4v) is 5.88. The monoisotopic (exact) mass is 638 g/mol. The summed E-state index contributed by atoms with van der Waals surface area (Å²) in [6.07, 6.45) is 2.81. The summed E-state index contributed by atoms with van der Waals surface area (Å²) in [6.45, 7) is 2.04. The summed E-state index contributed by atoms with van der Waals surface area (Å²) in [5.74, 6) is 1.14. The number of hydrogen-bond acceptors (Lipinski definition) is 8. The van der Waals surface area contributed by atoms with Crippen molar-refractivity contribution in [2.75, 3.05) is 20.2 Å². The Bertz CT molecular complexity index is 1870. The summed E-state index contributed by atoms with van der Waals surface area (Å²) in [7, 11) is 0.134. The van der Waals surface area contributed by atoms with E-state index in [0.29, 0.717) is 53.0 Å². The third-order valence-electron chi connectivity index (χ3n) is 8.09. The second kappa shape index (κ2) is 13.3. The van der Waals surface area contributed by atoms with Crippen molar-refractivity contribution >= 4 is 42.3 Å². The van der Waals surface area contributed by atoms with Gasteiger partial charge in [-0.2, -0.15) is 0 Å². The van der Waals surface area contributed by atoms with Gasteiger partial charge in [0.2, 0.25) is 11.8 Å². The van der Waals surface area contributed by atoms with Crippen molar-refractivity contribution in [2.45, 2.75) is 32.2 Å².